The summed E-state index contributed by atoms with van der Waals surface area (Å²) in [6, 6.07) is 3.99. The van der Waals surface area contributed by atoms with Gasteiger partial charge in [-0.2, -0.15) is 8.42 Å². The second-order valence-electron chi connectivity index (χ2n) is 11.9. The van der Waals surface area contributed by atoms with Crippen LogP contribution >= 0.6 is 0 Å². The highest BCUT2D eigenvalue weighted by molar-refractivity contribution is 7.87. The lowest BCUT2D eigenvalue weighted by Crippen LogP contribution is -2.95. The second-order valence-corrected chi connectivity index (χ2v) is 13.5. The third-order valence-corrected chi connectivity index (χ3v) is 9.74. The van der Waals surface area contributed by atoms with Crippen LogP contribution in [0.3, 0.4) is 0 Å². The molecule has 38 heavy (non-hydrogen) atoms. The summed E-state index contributed by atoms with van der Waals surface area (Å²) in [6.07, 6.45) is 28.6. The number of hydrogen-bond donors (Lipinski definition) is 3. The Hall–Kier alpha value is -1.23. The van der Waals surface area contributed by atoms with Gasteiger partial charge in [0.25, 0.3) is 10.1 Å². The van der Waals surface area contributed by atoms with Gasteiger partial charge in [-0.25, -0.2) is 0 Å². The summed E-state index contributed by atoms with van der Waals surface area (Å²) in [4.78, 5) is 19.7. The lowest BCUT2D eigenvalue weighted by atomic mass is 9.91. The molecular formula is C28H52N2O7S. The standard InChI is InChI=1S/2C12H23N.C4H6O7S/c2*1-3-7-11(8-4-1)13-12-9-5-2-6-10-12;5-3(6)1-2(4(7)8)12(9,10)11/h2*11-13H,1-10H2;2H,1H2,(H,5,6)(H,7,8)(H,9,10,11). The highest BCUT2D eigenvalue weighted by Gasteiger charge is 2.25. The van der Waals surface area contributed by atoms with Crippen LogP contribution in [0.5, 0.6) is 0 Å². The van der Waals surface area contributed by atoms with Crippen molar-refractivity contribution in [3.63, 3.8) is 0 Å². The molecule has 9 nitrogen and oxygen atoms in total. The second kappa shape index (κ2) is 18.2. The van der Waals surface area contributed by atoms with E-state index in [4.69, 9.17) is 4.55 Å². The summed E-state index contributed by atoms with van der Waals surface area (Å²) < 4.78 is 28.5. The molecule has 0 radical (unpaired) electrons. The van der Waals surface area contributed by atoms with Gasteiger partial charge in [-0.05, 0) is 103 Å². The molecule has 0 heterocycles. The maximum atomic E-state index is 10.2. The SMILES string of the molecule is C1CCC([NH2+]C2CCCCC2)CC1.C1CCC([NH2+]C2CCCCC2)CC1.O=C([O-])CC(C(=O)[O-])S(=O)(=O)O. The molecule has 1 unspecified atom stereocenters. The number of carbonyl (C=O) groups is 2. The van der Waals surface area contributed by atoms with Crippen molar-refractivity contribution in [1.29, 1.82) is 0 Å². The number of quaternary nitrogens is 2. The van der Waals surface area contributed by atoms with Gasteiger partial charge in [0.1, 0.15) is 5.25 Å². The first-order valence-corrected chi connectivity index (χ1v) is 16.7. The third kappa shape index (κ3) is 14.2. The Bertz CT molecular complexity index is 702. The summed E-state index contributed by atoms with van der Waals surface area (Å²) in [5, 5.41) is 22.7. The van der Waals surface area contributed by atoms with E-state index in [0.717, 1.165) is 24.2 Å². The molecule has 0 aromatic rings. The van der Waals surface area contributed by atoms with Crippen LogP contribution in [-0.2, 0) is 19.7 Å². The van der Waals surface area contributed by atoms with Crippen LogP contribution < -0.4 is 20.8 Å². The first-order chi connectivity index (χ1) is 18.1. The number of rotatable bonds is 8. The van der Waals surface area contributed by atoms with E-state index in [0.29, 0.717) is 0 Å². The Kier molecular flexibility index (Phi) is 15.8. The average molecular weight is 561 g/mol. The Morgan fingerprint density at radius 1 is 0.605 bits per heavy atom. The molecule has 0 bridgehead atoms. The lowest BCUT2D eigenvalue weighted by Gasteiger charge is -2.27. The lowest BCUT2D eigenvalue weighted by molar-refractivity contribution is -0.726. The molecule has 5 N–H and O–H groups in total. The van der Waals surface area contributed by atoms with E-state index >= 15 is 0 Å². The maximum Gasteiger partial charge on any atom is 0.273 e. The van der Waals surface area contributed by atoms with Gasteiger partial charge in [-0.3, -0.25) is 4.55 Å². The van der Waals surface area contributed by atoms with Crippen molar-refractivity contribution >= 4 is 22.1 Å². The van der Waals surface area contributed by atoms with Gasteiger partial charge >= 0.3 is 0 Å². The maximum absolute atomic E-state index is 10.2. The minimum atomic E-state index is -4.94. The van der Waals surface area contributed by atoms with Crippen molar-refractivity contribution in [2.75, 3.05) is 0 Å². The first kappa shape index (κ1) is 33.0. The van der Waals surface area contributed by atoms with E-state index in [2.05, 4.69) is 10.6 Å². The minimum absolute atomic E-state index is 0.997. The molecule has 0 saturated heterocycles. The van der Waals surface area contributed by atoms with Gasteiger partial charge in [0, 0.05) is 12.4 Å². The van der Waals surface area contributed by atoms with Crippen molar-refractivity contribution in [3.05, 3.63) is 0 Å². The van der Waals surface area contributed by atoms with Crippen molar-refractivity contribution in [3.8, 4) is 0 Å². The van der Waals surface area contributed by atoms with Gasteiger partial charge in [-0.15, -0.1) is 0 Å². The average Bonchev–Trinajstić information content (AvgIpc) is 2.90. The highest BCUT2D eigenvalue weighted by Crippen LogP contribution is 2.19. The van der Waals surface area contributed by atoms with Crippen LogP contribution in [0.4, 0.5) is 0 Å². The fraction of sp³-hybridized carbons (Fsp3) is 0.929. The zero-order chi connectivity index (χ0) is 27.8. The van der Waals surface area contributed by atoms with Crippen molar-refractivity contribution < 1.29 is 43.4 Å². The number of carbonyl (C=O) groups excluding carboxylic acids is 2. The molecule has 4 rings (SSSR count). The number of aliphatic carboxylic acids is 2. The van der Waals surface area contributed by atoms with Crippen LogP contribution in [0.15, 0.2) is 0 Å². The highest BCUT2D eigenvalue weighted by atomic mass is 32.2. The van der Waals surface area contributed by atoms with Crippen LogP contribution in [0.25, 0.3) is 0 Å². The van der Waals surface area contributed by atoms with Crippen LogP contribution in [0.2, 0.25) is 0 Å². The zero-order valence-electron chi connectivity index (χ0n) is 23.2. The van der Waals surface area contributed by atoms with Gasteiger partial charge in [-0.1, -0.05) is 25.7 Å². The van der Waals surface area contributed by atoms with E-state index in [9.17, 15) is 28.2 Å². The predicted molar refractivity (Wildman–Crippen MR) is 141 cm³/mol. The number of carboxylic acid groups (broad SMARTS) is 2. The third-order valence-electron chi connectivity index (χ3n) is 8.66. The van der Waals surface area contributed by atoms with Crippen LogP contribution in [0.1, 0.15) is 135 Å². The molecule has 222 valence electrons. The van der Waals surface area contributed by atoms with Gasteiger partial charge in [0.05, 0.1) is 30.1 Å². The summed E-state index contributed by atoms with van der Waals surface area (Å²) >= 11 is 0. The van der Waals surface area contributed by atoms with Crippen LogP contribution in [0, 0.1) is 0 Å². The number of hydrogen-bond acceptors (Lipinski definition) is 6. The monoisotopic (exact) mass is 560 g/mol. The van der Waals surface area contributed by atoms with Gasteiger partial charge < -0.3 is 30.4 Å². The minimum Gasteiger partial charge on any atom is -0.550 e. The molecule has 1 atom stereocenters. The molecule has 4 saturated carbocycles. The molecule has 0 aromatic carbocycles. The van der Waals surface area contributed by atoms with E-state index in [1.807, 2.05) is 0 Å². The molecule has 0 spiro atoms. The molecule has 4 fully saturated rings. The zero-order valence-corrected chi connectivity index (χ0v) is 24.0. The van der Waals surface area contributed by atoms with Crippen molar-refractivity contribution in [1.82, 2.24) is 0 Å². The summed E-state index contributed by atoms with van der Waals surface area (Å²) in [7, 11) is -4.94. The summed E-state index contributed by atoms with van der Waals surface area (Å²) in [5.41, 5.74) is 0. The molecule has 0 aromatic heterocycles. The summed E-state index contributed by atoms with van der Waals surface area (Å²) in [5.74, 6) is -4.08. The number of nitrogens with two attached hydrogens (primary N) is 2. The quantitative estimate of drug-likeness (QED) is 0.365. The Morgan fingerprint density at radius 3 is 1.03 bits per heavy atom. The molecular weight excluding hydrogens is 508 g/mol. The smallest absolute Gasteiger partial charge is 0.273 e. The topological polar surface area (TPSA) is 168 Å². The van der Waals surface area contributed by atoms with Crippen LogP contribution in [-0.4, -0.2) is 54.3 Å². The fourth-order valence-electron chi connectivity index (χ4n) is 6.54. The molecule has 0 amide bonds. The molecule has 4 aliphatic rings. The Balaban J connectivity index is 0.000000201. The van der Waals surface area contributed by atoms with Gasteiger partial charge in [0.15, 0.2) is 0 Å². The van der Waals surface area contributed by atoms with Crippen molar-refractivity contribution in [2.45, 2.75) is 164 Å². The van der Waals surface area contributed by atoms with E-state index in [1.165, 1.54) is 128 Å². The predicted octanol–water partition coefficient (Wildman–Crippen LogP) is 0.563. The largest absolute Gasteiger partial charge is 0.550 e. The first-order valence-electron chi connectivity index (χ1n) is 15.2. The molecule has 0 aliphatic heterocycles. The normalized spacial score (nSPS) is 23.3. The molecule has 4 aliphatic carbocycles. The van der Waals surface area contributed by atoms with E-state index in [-0.39, 0.29) is 0 Å². The van der Waals surface area contributed by atoms with E-state index < -0.39 is 33.7 Å². The Labute approximate surface area is 229 Å². The molecule has 10 heteroatoms. The fourth-order valence-corrected chi connectivity index (χ4v) is 7.13. The van der Waals surface area contributed by atoms with E-state index in [1.54, 1.807) is 0 Å². The number of carboxylic acids is 2. The van der Waals surface area contributed by atoms with Crippen molar-refractivity contribution in [2.24, 2.45) is 0 Å². The van der Waals surface area contributed by atoms with Gasteiger partial charge in [0.2, 0.25) is 0 Å². The summed E-state index contributed by atoms with van der Waals surface area (Å²) in [6.45, 7) is 0. The Morgan fingerprint density at radius 2 is 0.868 bits per heavy atom.